The minimum atomic E-state index is -2.71. The average molecular weight is 242 g/mol. The van der Waals surface area contributed by atoms with Crippen LogP contribution in [0.2, 0.25) is 0 Å². The van der Waals surface area contributed by atoms with Crippen LogP contribution in [0.3, 0.4) is 0 Å². The van der Waals surface area contributed by atoms with Crippen molar-refractivity contribution in [3.05, 3.63) is 29.6 Å². The van der Waals surface area contributed by atoms with E-state index in [4.69, 9.17) is 5.73 Å². The third-order valence-electron chi connectivity index (χ3n) is 1.83. The molecule has 0 fully saturated rings. The van der Waals surface area contributed by atoms with Gasteiger partial charge in [-0.25, -0.2) is 13.2 Å². The van der Waals surface area contributed by atoms with Gasteiger partial charge in [0.1, 0.15) is 0 Å². The highest BCUT2D eigenvalue weighted by Gasteiger charge is 2.18. The van der Waals surface area contributed by atoms with Crippen molar-refractivity contribution in [2.24, 2.45) is 5.73 Å². The van der Waals surface area contributed by atoms with E-state index in [0.29, 0.717) is 0 Å². The lowest BCUT2D eigenvalue weighted by atomic mass is 10.1. The van der Waals surface area contributed by atoms with Gasteiger partial charge in [-0.15, -0.1) is 12.4 Å². The molecule has 2 N–H and O–H groups in total. The molecule has 6 heteroatoms. The standard InChI is InChI=1S/C9H10F3NO.ClH/c1-14-7-3-2-5(4-6(7)10)8(13)9(11)12;/h2-4,8-9H,13H2,1H3;1H/t8-;/m0./s1. The van der Waals surface area contributed by atoms with Gasteiger partial charge >= 0.3 is 0 Å². The molecule has 0 aromatic heterocycles. The van der Waals surface area contributed by atoms with E-state index < -0.39 is 18.3 Å². The van der Waals surface area contributed by atoms with Crippen molar-refractivity contribution in [1.29, 1.82) is 0 Å². The Kier molecular flexibility index (Phi) is 5.46. The van der Waals surface area contributed by atoms with Crippen molar-refractivity contribution >= 4 is 12.4 Å². The van der Waals surface area contributed by atoms with Gasteiger partial charge < -0.3 is 10.5 Å². The van der Waals surface area contributed by atoms with Crippen LogP contribution in [0.15, 0.2) is 18.2 Å². The summed E-state index contributed by atoms with van der Waals surface area (Å²) in [6, 6.07) is 2.08. The van der Waals surface area contributed by atoms with Gasteiger partial charge in [0.25, 0.3) is 6.43 Å². The Morgan fingerprint density at radius 2 is 1.93 bits per heavy atom. The number of nitrogens with two attached hydrogens (primary N) is 1. The number of halogens is 4. The van der Waals surface area contributed by atoms with Gasteiger partial charge in [-0.1, -0.05) is 6.07 Å². The fourth-order valence-corrected chi connectivity index (χ4v) is 1.04. The summed E-state index contributed by atoms with van der Waals surface area (Å²) in [5, 5.41) is 0. The zero-order valence-electron chi connectivity index (χ0n) is 7.91. The predicted octanol–water partition coefficient (Wildman–Crippen LogP) is 2.52. The molecule has 0 bridgehead atoms. The molecule has 0 unspecified atom stereocenters. The summed E-state index contributed by atoms with van der Waals surface area (Å²) in [6.45, 7) is 0. The molecule has 0 saturated heterocycles. The number of alkyl halides is 2. The summed E-state index contributed by atoms with van der Waals surface area (Å²) in [5.74, 6) is -0.684. The Morgan fingerprint density at radius 1 is 1.33 bits per heavy atom. The molecule has 0 heterocycles. The molecule has 1 aromatic carbocycles. The second-order valence-electron chi connectivity index (χ2n) is 2.75. The van der Waals surface area contributed by atoms with Gasteiger partial charge in [0.05, 0.1) is 13.2 Å². The third kappa shape index (κ3) is 3.28. The molecule has 0 spiro atoms. The van der Waals surface area contributed by atoms with Crippen molar-refractivity contribution in [3.8, 4) is 5.75 Å². The Hall–Kier alpha value is -0.940. The van der Waals surface area contributed by atoms with E-state index in [1.54, 1.807) is 0 Å². The topological polar surface area (TPSA) is 35.2 Å². The van der Waals surface area contributed by atoms with E-state index in [1.807, 2.05) is 0 Å². The molecule has 2 nitrogen and oxygen atoms in total. The second-order valence-corrected chi connectivity index (χ2v) is 2.75. The summed E-state index contributed by atoms with van der Waals surface area (Å²) in [4.78, 5) is 0. The molecule has 86 valence electrons. The highest BCUT2D eigenvalue weighted by molar-refractivity contribution is 5.85. The molecule has 0 radical (unpaired) electrons. The monoisotopic (exact) mass is 241 g/mol. The van der Waals surface area contributed by atoms with Gasteiger partial charge in [0.15, 0.2) is 11.6 Å². The number of rotatable bonds is 3. The summed E-state index contributed by atoms with van der Waals surface area (Å²) < 4.78 is 42.0. The zero-order valence-corrected chi connectivity index (χ0v) is 8.73. The minimum absolute atomic E-state index is 0. The van der Waals surface area contributed by atoms with Crippen molar-refractivity contribution in [1.82, 2.24) is 0 Å². The first-order chi connectivity index (χ1) is 6.56. The fraction of sp³-hybridized carbons (Fsp3) is 0.333. The number of benzene rings is 1. The van der Waals surface area contributed by atoms with Crippen LogP contribution in [-0.2, 0) is 0 Å². The fourth-order valence-electron chi connectivity index (χ4n) is 1.04. The van der Waals surface area contributed by atoms with Gasteiger partial charge in [-0.05, 0) is 17.7 Å². The van der Waals surface area contributed by atoms with Crippen LogP contribution in [0, 0.1) is 5.82 Å². The van der Waals surface area contributed by atoms with Crippen LogP contribution >= 0.6 is 12.4 Å². The largest absolute Gasteiger partial charge is 0.494 e. The van der Waals surface area contributed by atoms with E-state index in [0.717, 1.165) is 6.07 Å². The summed E-state index contributed by atoms with van der Waals surface area (Å²) >= 11 is 0. The van der Waals surface area contributed by atoms with E-state index in [1.165, 1.54) is 19.2 Å². The Bertz CT molecular complexity index is 322. The molecule has 0 aliphatic carbocycles. The van der Waals surface area contributed by atoms with Crippen LogP contribution in [0.4, 0.5) is 13.2 Å². The number of ether oxygens (including phenoxy) is 1. The smallest absolute Gasteiger partial charge is 0.257 e. The molecular weight excluding hydrogens is 231 g/mol. The summed E-state index contributed by atoms with van der Waals surface area (Å²) in [7, 11) is 1.30. The molecule has 15 heavy (non-hydrogen) atoms. The molecule has 0 aliphatic rings. The SMILES string of the molecule is COc1ccc([C@H](N)C(F)F)cc1F.Cl. The highest BCUT2D eigenvalue weighted by atomic mass is 35.5. The first-order valence-electron chi connectivity index (χ1n) is 3.93. The average Bonchev–Trinajstić information content (AvgIpc) is 2.16. The summed E-state index contributed by atoms with van der Waals surface area (Å²) in [5.41, 5.74) is 5.19. The minimum Gasteiger partial charge on any atom is -0.494 e. The maximum atomic E-state index is 13.0. The van der Waals surface area contributed by atoms with Gasteiger partial charge in [-0.3, -0.25) is 0 Å². The molecule has 1 rings (SSSR count). The maximum absolute atomic E-state index is 13.0. The zero-order chi connectivity index (χ0) is 10.7. The van der Waals surface area contributed by atoms with Crippen molar-refractivity contribution in [2.75, 3.05) is 7.11 Å². The Morgan fingerprint density at radius 3 is 2.33 bits per heavy atom. The number of methoxy groups -OCH3 is 1. The lowest BCUT2D eigenvalue weighted by Gasteiger charge is -2.11. The first-order valence-corrected chi connectivity index (χ1v) is 3.93. The van der Waals surface area contributed by atoms with Crippen molar-refractivity contribution in [2.45, 2.75) is 12.5 Å². The maximum Gasteiger partial charge on any atom is 0.257 e. The van der Waals surface area contributed by atoms with Crippen molar-refractivity contribution in [3.63, 3.8) is 0 Å². The molecule has 1 atom stereocenters. The van der Waals surface area contributed by atoms with E-state index in [2.05, 4.69) is 4.74 Å². The van der Waals surface area contributed by atoms with Crippen LogP contribution in [0.1, 0.15) is 11.6 Å². The lowest BCUT2D eigenvalue weighted by molar-refractivity contribution is 0.116. The van der Waals surface area contributed by atoms with Gasteiger partial charge in [0, 0.05) is 0 Å². The summed E-state index contributed by atoms with van der Waals surface area (Å²) in [6.07, 6.45) is -2.71. The predicted molar refractivity (Wildman–Crippen MR) is 53.1 cm³/mol. The second kappa shape index (κ2) is 5.82. The number of hydrogen-bond acceptors (Lipinski definition) is 2. The Balaban J connectivity index is 0.00000196. The first kappa shape index (κ1) is 14.1. The molecule has 0 amide bonds. The Labute approximate surface area is 91.6 Å². The van der Waals surface area contributed by atoms with Crippen LogP contribution in [-0.4, -0.2) is 13.5 Å². The molecule has 1 aromatic rings. The van der Waals surface area contributed by atoms with Gasteiger partial charge in [0.2, 0.25) is 0 Å². The van der Waals surface area contributed by atoms with E-state index in [9.17, 15) is 13.2 Å². The van der Waals surface area contributed by atoms with E-state index >= 15 is 0 Å². The van der Waals surface area contributed by atoms with Crippen molar-refractivity contribution < 1.29 is 17.9 Å². The number of hydrogen-bond donors (Lipinski definition) is 1. The van der Waals surface area contributed by atoms with Crippen LogP contribution in [0.25, 0.3) is 0 Å². The molecule has 0 aliphatic heterocycles. The third-order valence-corrected chi connectivity index (χ3v) is 1.83. The van der Waals surface area contributed by atoms with Crippen LogP contribution < -0.4 is 10.5 Å². The molecular formula is C9H11ClF3NO. The lowest BCUT2D eigenvalue weighted by Crippen LogP contribution is -2.19. The highest BCUT2D eigenvalue weighted by Crippen LogP contribution is 2.23. The van der Waals surface area contributed by atoms with Gasteiger partial charge in [-0.2, -0.15) is 0 Å². The van der Waals surface area contributed by atoms with E-state index in [-0.39, 0.29) is 23.7 Å². The normalized spacial score (nSPS) is 12.1. The molecule has 0 saturated carbocycles. The quantitative estimate of drug-likeness (QED) is 0.883. The van der Waals surface area contributed by atoms with Crippen LogP contribution in [0.5, 0.6) is 5.75 Å².